The fraction of sp³-hybridized carbons (Fsp3) is 0.611. The topological polar surface area (TPSA) is 128 Å². The zero-order chi connectivity index (χ0) is 19.4. The molecule has 0 spiro atoms. The molecule has 9 nitrogen and oxygen atoms in total. The predicted octanol–water partition coefficient (Wildman–Crippen LogP) is 1.24. The van der Waals surface area contributed by atoms with Gasteiger partial charge in [-0.25, -0.2) is 4.98 Å². The molecule has 0 amide bonds. The van der Waals surface area contributed by atoms with Crippen molar-refractivity contribution in [2.45, 2.75) is 45.1 Å². The number of rotatable bonds is 8. The van der Waals surface area contributed by atoms with Crippen molar-refractivity contribution in [2.24, 2.45) is 11.8 Å². The van der Waals surface area contributed by atoms with Gasteiger partial charge >= 0.3 is 5.97 Å². The number of aliphatic hydroxyl groups excluding tert-OH is 1. The summed E-state index contributed by atoms with van der Waals surface area (Å²) < 4.78 is 0. The van der Waals surface area contributed by atoms with E-state index in [4.69, 9.17) is 0 Å². The van der Waals surface area contributed by atoms with E-state index in [9.17, 15) is 15.0 Å². The van der Waals surface area contributed by atoms with Gasteiger partial charge in [0.1, 0.15) is 5.82 Å². The second kappa shape index (κ2) is 8.43. The number of carbonyl (C=O) groups is 1. The van der Waals surface area contributed by atoms with Crippen LogP contribution in [0.3, 0.4) is 0 Å². The van der Waals surface area contributed by atoms with Gasteiger partial charge in [-0.3, -0.25) is 4.79 Å². The third-order valence-electron chi connectivity index (χ3n) is 4.97. The number of nitrogens with one attached hydrogen (secondary N) is 1. The van der Waals surface area contributed by atoms with Gasteiger partial charge in [-0.05, 0) is 36.8 Å². The molecule has 3 rings (SSSR count). The Bertz CT molecular complexity index is 734. The minimum atomic E-state index is -0.853. The number of aromatic nitrogens is 5. The van der Waals surface area contributed by atoms with Crippen molar-refractivity contribution in [3.05, 3.63) is 29.7 Å². The monoisotopic (exact) mass is 374 g/mol. The summed E-state index contributed by atoms with van der Waals surface area (Å²) in [6.45, 7) is 5.38. The van der Waals surface area contributed by atoms with E-state index in [1.54, 1.807) is 6.20 Å². The van der Waals surface area contributed by atoms with E-state index in [1.165, 1.54) is 0 Å². The number of hydrogen-bond donors (Lipinski definition) is 3. The van der Waals surface area contributed by atoms with Crippen molar-refractivity contribution in [3.63, 3.8) is 0 Å². The van der Waals surface area contributed by atoms with Crippen LogP contribution in [0, 0.1) is 11.8 Å². The highest BCUT2D eigenvalue weighted by atomic mass is 16.4. The van der Waals surface area contributed by atoms with Crippen LogP contribution in [0.5, 0.6) is 0 Å². The van der Waals surface area contributed by atoms with Crippen molar-refractivity contribution in [1.82, 2.24) is 25.6 Å². The van der Waals surface area contributed by atoms with Crippen LogP contribution in [0.1, 0.15) is 44.0 Å². The highest BCUT2D eigenvalue weighted by Gasteiger charge is 2.33. The molecular formula is C18H26N6O3. The zero-order valence-corrected chi connectivity index (χ0v) is 15.6. The van der Waals surface area contributed by atoms with Gasteiger partial charge in [0.2, 0.25) is 0 Å². The average molecular weight is 374 g/mol. The van der Waals surface area contributed by atoms with Gasteiger partial charge in [-0.15, -0.1) is 10.2 Å². The molecule has 0 radical (unpaired) electrons. The minimum Gasteiger partial charge on any atom is -0.481 e. The molecule has 9 heteroatoms. The smallest absolute Gasteiger partial charge is 0.307 e. The van der Waals surface area contributed by atoms with Crippen LogP contribution in [-0.2, 0) is 11.2 Å². The van der Waals surface area contributed by atoms with E-state index in [2.05, 4.69) is 25.6 Å². The molecule has 27 heavy (non-hydrogen) atoms. The average Bonchev–Trinajstić information content (AvgIpc) is 3.30. The van der Waals surface area contributed by atoms with Crippen molar-refractivity contribution >= 4 is 11.8 Å². The summed E-state index contributed by atoms with van der Waals surface area (Å²) in [4.78, 5) is 18.4. The SMILES string of the molecule is CC(C)C[C@H](C(=O)O)[C@H](Cc1ccc(N2CCC(O)C2)nc1)c1nn[nH]n1. The molecule has 1 aliphatic rings. The third-order valence-corrected chi connectivity index (χ3v) is 4.97. The number of H-pyrrole nitrogens is 1. The molecule has 2 aromatic rings. The Labute approximate surface area is 157 Å². The maximum absolute atomic E-state index is 11.9. The number of anilines is 1. The number of aliphatic hydroxyl groups is 1. The van der Waals surface area contributed by atoms with E-state index in [0.717, 1.165) is 24.3 Å². The summed E-state index contributed by atoms with van der Waals surface area (Å²) in [6, 6.07) is 3.87. The maximum Gasteiger partial charge on any atom is 0.307 e. The van der Waals surface area contributed by atoms with Crippen molar-refractivity contribution in [1.29, 1.82) is 0 Å². The van der Waals surface area contributed by atoms with Crippen LogP contribution in [0.2, 0.25) is 0 Å². The molecule has 0 saturated carbocycles. The standard InChI is InChI=1S/C18H26N6O3/c1-11(2)7-15(18(26)27)14(17-20-22-23-21-17)8-12-3-4-16(19-9-12)24-6-5-13(25)10-24/h3-4,9,11,13-15,25H,5-8,10H2,1-2H3,(H,26,27)(H,20,21,22,23)/t13?,14-,15-/m0/s1. The molecule has 0 bridgehead atoms. The Morgan fingerprint density at radius 1 is 1.41 bits per heavy atom. The fourth-order valence-corrected chi connectivity index (χ4v) is 3.61. The third kappa shape index (κ3) is 4.79. The number of pyridine rings is 1. The number of nitrogens with zero attached hydrogens (tertiary/aromatic N) is 5. The van der Waals surface area contributed by atoms with Gasteiger partial charge in [-0.2, -0.15) is 5.21 Å². The lowest BCUT2D eigenvalue weighted by atomic mass is 9.81. The van der Waals surface area contributed by atoms with Crippen LogP contribution < -0.4 is 4.90 Å². The quantitative estimate of drug-likeness (QED) is 0.629. The Balaban J connectivity index is 1.78. The molecule has 2 aromatic heterocycles. The number of carboxylic acids is 1. The van der Waals surface area contributed by atoms with Crippen LogP contribution in [0.4, 0.5) is 5.82 Å². The number of aliphatic carboxylic acids is 1. The van der Waals surface area contributed by atoms with Gasteiger partial charge in [0.25, 0.3) is 0 Å². The highest BCUT2D eigenvalue weighted by molar-refractivity contribution is 5.71. The summed E-state index contributed by atoms with van der Waals surface area (Å²) in [5.41, 5.74) is 0.920. The molecule has 0 aliphatic carbocycles. The van der Waals surface area contributed by atoms with E-state index in [-0.39, 0.29) is 17.9 Å². The predicted molar refractivity (Wildman–Crippen MR) is 98.3 cm³/mol. The summed E-state index contributed by atoms with van der Waals surface area (Å²) >= 11 is 0. The molecule has 3 heterocycles. The van der Waals surface area contributed by atoms with Gasteiger partial charge in [0, 0.05) is 25.2 Å². The van der Waals surface area contributed by atoms with Crippen molar-refractivity contribution in [3.8, 4) is 0 Å². The number of aromatic amines is 1. The summed E-state index contributed by atoms with van der Waals surface area (Å²) in [6.07, 6.45) is 3.21. The Morgan fingerprint density at radius 3 is 2.74 bits per heavy atom. The molecule has 1 fully saturated rings. The van der Waals surface area contributed by atoms with Gasteiger partial charge < -0.3 is 15.1 Å². The highest BCUT2D eigenvalue weighted by Crippen LogP contribution is 2.31. The van der Waals surface area contributed by atoms with Crippen LogP contribution in [0.15, 0.2) is 18.3 Å². The maximum atomic E-state index is 11.9. The lowest BCUT2D eigenvalue weighted by Gasteiger charge is -2.23. The first-order valence-corrected chi connectivity index (χ1v) is 9.28. The number of tetrazole rings is 1. The molecule has 1 saturated heterocycles. The normalized spacial score (nSPS) is 19.4. The first kappa shape index (κ1) is 19.2. The summed E-state index contributed by atoms with van der Waals surface area (Å²) in [7, 11) is 0. The summed E-state index contributed by atoms with van der Waals surface area (Å²) in [5, 5.41) is 33.5. The fourth-order valence-electron chi connectivity index (χ4n) is 3.61. The molecule has 3 atom stereocenters. The Kier molecular flexibility index (Phi) is 6.00. The number of carboxylic acid groups (broad SMARTS) is 1. The lowest BCUT2D eigenvalue weighted by Crippen LogP contribution is -2.26. The van der Waals surface area contributed by atoms with E-state index in [0.29, 0.717) is 25.2 Å². The number of β-amino-alcohol motifs (C(OH)–C–C–N with tert-alkyl or cyclic N) is 1. The molecular weight excluding hydrogens is 348 g/mol. The van der Waals surface area contributed by atoms with Gasteiger partial charge in [0.15, 0.2) is 5.82 Å². The van der Waals surface area contributed by atoms with Gasteiger partial charge in [0.05, 0.1) is 12.0 Å². The van der Waals surface area contributed by atoms with E-state index < -0.39 is 11.9 Å². The lowest BCUT2D eigenvalue weighted by molar-refractivity contribution is -0.143. The molecule has 1 unspecified atom stereocenters. The second-order valence-corrected chi connectivity index (χ2v) is 7.57. The molecule has 146 valence electrons. The molecule has 1 aliphatic heterocycles. The molecule has 3 N–H and O–H groups in total. The minimum absolute atomic E-state index is 0.239. The number of hydrogen-bond acceptors (Lipinski definition) is 7. The second-order valence-electron chi connectivity index (χ2n) is 7.57. The Hall–Kier alpha value is -2.55. The van der Waals surface area contributed by atoms with E-state index in [1.807, 2.05) is 30.9 Å². The summed E-state index contributed by atoms with van der Waals surface area (Å²) in [5.74, 6) is -0.365. The van der Waals surface area contributed by atoms with Crippen LogP contribution in [-0.4, -0.2) is 61.0 Å². The van der Waals surface area contributed by atoms with Gasteiger partial charge in [-0.1, -0.05) is 25.1 Å². The first-order valence-electron chi connectivity index (χ1n) is 9.28. The van der Waals surface area contributed by atoms with Crippen LogP contribution in [0.25, 0.3) is 0 Å². The Morgan fingerprint density at radius 2 is 2.22 bits per heavy atom. The van der Waals surface area contributed by atoms with Crippen molar-refractivity contribution < 1.29 is 15.0 Å². The first-order chi connectivity index (χ1) is 12.9. The largest absolute Gasteiger partial charge is 0.481 e. The van der Waals surface area contributed by atoms with Crippen LogP contribution >= 0.6 is 0 Å². The van der Waals surface area contributed by atoms with Crippen molar-refractivity contribution in [2.75, 3.05) is 18.0 Å². The molecule has 0 aromatic carbocycles. The van der Waals surface area contributed by atoms with E-state index >= 15 is 0 Å². The zero-order valence-electron chi connectivity index (χ0n) is 15.6.